The first-order valence-corrected chi connectivity index (χ1v) is 12.6. The van der Waals surface area contributed by atoms with Gasteiger partial charge in [0.2, 0.25) is 5.91 Å². The lowest BCUT2D eigenvalue weighted by Crippen LogP contribution is -2.54. The van der Waals surface area contributed by atoms with Crippen molar-refractivity contribution < 1.29 is 23.9 Å². The van der Waals surface area contributed by atoms with Gasteiger partial charge in [-0.3, -0.25) is 19.3 Å². The topological polar surface area (TPSA) is 103 Å². The quantitative estimate of drug-likeness (QED) is 0.395. The van der Waals surface area contributed by atoms with E-state index in [-0.39, 0.29) is 18.4 Å². The lowest BCUT2D eigenvalue weighted by molar-refractivity contribution is -0.140. The van der Waals surface area contributed by atoms with Gasteiger partial charge in [-0.15, -0.1) is 0 Å². The monoisotopic (exact) mass is 396 g/mol. The molecule has 10 heteroatoms. The van der Waals surface area contributed by atoms with Gasteiger partial charge in [0.1, 0.15) is 19.3 Å². The van der Waals surface area contributed by atoms with Crippen LogP contribution in [-0.4, -0.2) is 61.7 Å². The second-order valence-corrected chi connectivity index (χ2v) is 13.4. The molecule has 1 N–H and O–H groups in total. The molecule has 1 aliphatic heterocycles. The van der Waals surface area contributed by atoms with Crippen LogP contribution in [0, 0.1) is 0 Å². The van der Waals surface area contributed by atoms with Crippen molar-refractivity contribution in [3.8, 4) is 0 Å². The number of imidazole rings is 1. The highest BCUT2D eigenvalue weighted by atomic mass is 28.3. The van der Waals surface area contributed by atoms with Crippen LogP contribution in [0.25, 0.3) is 0 Å². The zero-order valence-electron chi connectivity index (χ0n) is 16.6. The molecule has 2 amide bonds. The molecule has 2 rings (SSSR count). The van der Waals surface area contributed by atoms with Crippen molar-refractivity contribution in [3.63, 3.8) is 0 Å². The van der Waals surface area contributed by atoms with Crippen molar-refractivity contribution >= 4 is 31.7 Å². The summed E-state index contributed by atoms with van der Waals surface area (Å²) in [6.07, 6.45) is 1.88. The van der Waals surface area contributed by atoms with Crippen LogP contribution in [0.4, 0.5) is 5.82 Å². The van der Waals surface area contributed by atoms with Gasteiger partial charge >= 0.3 is 5.97 Å². The predicted octanol–water partition coefficient (Wildman–Crippen LogP) is 0.762. The van der Waals surface area contributed by atoms with Crippen molar-refractivity contribution in [2.75, 3.05) is 25.2 Å². The first-order chi connectivity index (χ1) is 12.6. The van der Waals surface area contributed by atoms with E-state index in [0.29, 0.717) is 25.6 Å². The normalized spacial score (nSPS) is 16.9. The van der Waals surface area contributed by atoms with E-state index in [0.717, 1.165) is 11.7 Å². The second kappa shape index (κ2) is 8.66. The zero-order chi connectivity index (χ0) is 20.2. The molecule has 0 saturated heterocycles. The van der Waals surface area contributed by atoms with Crippen LogP contribution < -0.4 is 10.2 Å². The number of rotatable bonds is 8. The number of hydrogen-bond donors (Lipinski definition) is 1. The highest BCUT2D eigenvalue weighted by Gasteiger charge is 2.37. The Labute approximate surface area is 160 Å². The Balaban J connectivity index is 2.18. The van der Waals surface area contributed by atoms with Gasteiger partial charge in [-0.1, -0.05) is 19.6 Å². The molecule has 0 aliphatic carbocycles. The average Bonchev–Trinajstić information content (AvgIpc) is 2.96. The number of anilines is 1. The lowest BCUT2D eigenvalue weighted by Gasteiger charge is -2.31. The van der Waals surface area contributed by atoms with Gasteiger partial charge in [-0.05, 0) is 6.04 Å². The maximum absolute atomic E-state index is 12.7. The van der Waals surface area contributed by atoms with Crippen LogP contribution in [0.5, 0.6) is 0 Å². The van der Waals surface area contributed by atoms with E-state index >= 15 is 0 Å². The molecule has 1 aromatic rings. The van der Waals surface area contributed by atoms with Crippen LogP contribution >= 0.6 is 0 Å². The summed E-state index contributed by atoms with van der Waals surface area (Å²) in [5.74, 6) is -0.847. The number of esters is 1. The van der Waals surface area contributed by atoms with Crippen LogP contribution in [0.1, 0.15) is 12.6 Å². The minimum absolute atomic E-state index is 0.258. The Morgan fingerprint density at radius 2 is 2.07 bits per heavy atom. The maximum Gasteiger partial charge on any atom is 0.325 e. The third-order valence-corrected chi connectivity index (χ3v) is 5.96. The van der Waals surface area contributed by atoms with E-state index in [1.54, 1.807) is 6.33 Å². The van der Waals surface area contributed by atoms with Crippen molar-refractivity contribution in [3.05, 3.63) is 12.0 Å². The summed E-state index contributed by atoms with van der Waals surface area (Å²) in [7, 11) is 0.0763. The molecule has 0 spiro atoms. The van der Waals surface area contributed by atoms with E-state index in [2.05, 4.69) is 34.7 Å². The van der Waals surface area contributed by atoms with E-state index in [4.69, 9.17) is 4.74 Å². The molecule has 1 atom stereocenters. The van der Waals surface area contributed by atoms with E-state index in [1.165, 1.54) is 18.9 Å². The summed E-state index contributed by atoms with van der Waals surface area (Å²) in [4.78, 5) is 41.4. The summed E-state index contributed by atoms with van der Waals surface area (Å²) in [6, 6.07) is 0.294. The summed E-state index contributed by atoms with van der Waals surface area (Å²) in [5.41, 5.74) is 0.741. The molecule has 1 aromatic heterocycles. The first kappa shape index (κ1) is 21.1. The van der Waals surface area contributed by atoms with Crippen LogP contribution in [0.3, 0.4) is 0 Å². The lowest BCUT2D eigenvalue weighted by atomic mass is 10.0. The van der Waals surface area contributed by atoms with E-state index < -0.39 is 20.1 Å². The number of nitrogens with zero attached hydrogens (tertiary/aromatic N) is 3. The van der Waals surface area contributed by atoms with Gasteiger partial charge in [-0.25, -0.2) is 4.98 Å². The summed E-state index contributed by atoms with van der Waals surface area (Å²) in [6.45, 7) is 8.90. The Morgan fingerprint density at radius 1 is 1.37 bits per heavy atom. The van der Waals surface area contributed by atoms with Crippen molar-refractivity contribution in [1.82, 2.24) is 14.9 Å². The van der Waals surface area contributed by atoms with Gasteiger partial charge < -0.3 is 19.4 Å². The number of carbonyl (C=O) groups excluding carboxylic acids is 3. The minimum Gasteiger partial charge on any atom is -0.468 e. The Kier molecular flexibility index (Phi) is 6.77. The summed E-state index contributed by atoms with van der Waals surface area (Å²) in [5, 5.41) is 2.64. The maximum atomic E-state index is 12.7. The fraction of sp³-hybridized carbons (Fsp3) is 0.647. The molecule has 0 saturated carbocycles. The Morgan fingerprint density at radius 3 is 2.67 bits per heavy atom. The van der Waals surface area contributed by atoms with Crippen LogP contribution in [0.15, 0.2) is 6.33 Å². The summed E-state index contributed by atoms with van der Waals surface area (Å²) < 4.78 is 12.3. The van der Waals surface area contributed by atoms with Crippen LogP contribution in [-0.2, 0) is 37.0 Å². The highest BCUT2D eigenvalue weighted by molar-refractivity contribution is 6.76. The minimum atomic E-state index is -1.18. The standard InChI is InChI=1S/C17H28N4O5Si/c1-12(22)19-13-8-14-16(21(17(13)24)9-15(23)25-2)18-10-20(14)11-26-6-7-27(3,4)5/h10,13H,6-9,11H2,1-5H3,(H,19,22). The zero-order valence-corrected chi connectivity index (χ0v) is 17.6. The number of nitrogens with one attached hydrogen (secondary N) is 1. The van der Waals surface area contributed by atoms with Crippen molar-refractivity contribution in [2.45, 2.75) is 51.8 Å². The molecule has 0 aromatic carbocycles. The molecule has 0 fully saturated rings. The third-order valence-electron chi connectivity index (χ3n) is 4.26. The SMILES string of the molecule is COC(=O)CN1C(=O)C(NC(C)=O)Cc2c1ncn2COCC[Si](C)(C)C. The van der Waals surface area contributed by atoms with Gasteiger partial charge in [0, 0.05) is 28.0 Å². The Hall–Kier alpha value is -2.20. The van der Waals surface area contributed by atoms with E-state index in [1.807, 2.05) is 4.57 Å². The molecule has 27 heavy (non-hydrogen) atoms. The van der Waals surface area contributed by atoms with E-state index in [9.17, 15) is 14.4 Å². The highest BCUT2D eigenvalue weighted by Crippen LogP contribution is 2.27. The summed E-state index contributed by atoms with van der Waals surface area (Å²) >= 11 is 0. The molecular weight excluding hydrogens is 368 g/mol. The predicted molar refractivity (Wildman–Crippen MR) is 102 cm³/mol. The molecule has 0 radical (unpaired) electrons. The fourth-order valence-corrected chi connectivity index (χ4v) is 3.52. The molecule has 2 heterocycles. The van der Waals surface area contributed by atoms with Gasteiger partial charge in [-0.2, -0.15) is 0 Å². The molecule has 0 bridgehead atoms. The van der Waals surface area contributed by atoms with Crippen molar-refractivity contribution in [2.24, 2.45) is 0 Å². The van der Waals surface area contributed by atoms with Gasteiger partial charge in [0.05, 0.1) is 19.1 Å². The molecule has 9 nitrogen and oxygen atoms in total. The van der Waals surface area contributed by atoms with Gasteiger partial charge in [0.15, 0.2) is 5.82 Å². The number of fused-ring (bicyclic) bond motifs is 1. The van der Waals surface area contributed by atoms with Crippen LogP contribution in [0.2, 0.25) is 25.7 Å². The first-order valence-electron chi connectivity index (χ1n) is 8.89. The third kappa shape index (κ3) is 5.63. The average molecular weight is 397 g/mol. The molecule has 1 aliphatic rings. The second-order valence-electron chi connectivity index (χ2n) is 7.79. The number of aromatic nitrogens is 2. The number of carbonyl (C=O) groups is 3. The number of ether oxygens (including phenoxy) is 2. The number of amides is 2. The molecular formula is C17H28N4O5Si. The number of hydrogen-bond acceptors (Lipinski definition) is 6. The number of methoxy groups -OCH3 is 1. The smallest absolute Gasteiger partial charge is 0.325 e. The molecule has 150 valence electrons. The largest absolute Gasteiger partial charge is 0.468 e. The van der Waals surface area contributed by atoms with Gasteiger partial charge in [0.25, 0.3) is 5.91 Å². The fourth-order valence-electron chi connectivity index (χ4n) is 2.76. The molecule has 1 unspecified atom stereocenters. The van der Waals surface area contributed by atoms with Crippen molar-refractivity contribution in [1.29, 1.82) is 0 Å². The Bertz CT molecular complexity index is 713.